The predicted octanol–water partition coefficient (Wildman–Crippen LogP) is 6.35. The summed E-state index contributed by atoms with van der Waals surface area (Å²) in [7, 11) is 3.26. The molecule has 9 nitrogen and oxygen atoms in total. The van der Waals surface area contributed by atoms with Gasteiger partial charge in [0.2, 0.25) is 0 Å². The van der Waals surface area contributed by atoms with E-state index in [4.69, 9.17) is 18.9 Å². The third-order valence-electron chi connectivity index (χ3n) is 8.06. The van der Waals surface area contributed by atoms with Gasteiger partial charge in [0, 0.05) is 70.5 Å². The number of benzene rings is 2. The minimum absolute atomic E-state index is 0.0203. The SMILES string of the molecule is COCCCOc1cc(C(=O)N(C[C@H]2CN(Cc3ccccc3)C[C@H]2CN(C(=O)OC(C)(C)C)C(C)C)C(C)C)ccc1OC. The molecule has 0 bridgehead atoms. The van der Waals surface area contributed by atoms with Gasteiger partial charge in [0.15, 0.2) is 11.5 Å². The molecule has 0 unspecified atom stereocenters. The van der Waals surface area contributed by atoms with Gasteiger partial charge in [-0.05, 0) is 84.1 Å². The highest BCUT2D eigenvalue weighted by Crippen LogP contribution is 2.32. The van der Waals surface area contributed by atoms with Crippen molar-refractivity contribution in [2.45, 2.75) is 79.1 Å². The number of carbonyl (C=O) groups excluding carboxylic acids is 2. The first-order chi connectivity index (χ1) is 21.3. The van der Waals surface area contributed by atoms with E-state index < -0.39 is 5.60 Å². The van der Waals surface area contributed by atoms with Crippen LogP contribution in [0.5, 0.6) is 11.5 Å². The van der Waals surface area contributed by atoms with Crippen LogP contribution in [0.4, 0.5) is 4.79 Å². The van der Waals surface area contributed by atoms with Crippen LogP contribution >= 0.6 is 0 Å². The van der Waals surface area contributed by atoms with Crippen LogP contribution in [0.15, 0.2) is 48.5 Å². The second-order valence-corrected chi connectivity index (χ2v) is 13.5. The van der Waals surface area contributed by atoms with Crippen LogP contribution in [0.1, 0.15) is 70.8 Å². The Bertz CT molecular complexity index is 1210. The van der Waals surface area contributed by atoms with Crippen molar-refractivity contribution < 1.29 is 28.5 Å². The summed E-state index contributed by atoms with van der Waals surface area (Å²) in [6.07, 6.45) is 0.431. The van der Waals surface area contributed by atoms with Crippen LogP contribution < -0.4 is 9.47 Å². The summed E-state index contributed by atoms with van der Waals surface area (Å²) in [4.78, 5) is 33.6. The van der Waals surface area contributed by atoms with E-state index in [9.17, 15) is 9.59 Å². The maximum absolute atomic E-state index is 14.1. The molecule has 3 rings (SSSR count). The van der Waals surface area contributed by atoms with Gasteiger partial charge in [0.05, 0.1) is 13.7 Å². The maximum atomic E-state index is 14.1. The molecule has 1 saturated heterocycles. The lowest BCUT2D eigenvalue weighted by Gasteiger charge is -2.35. The molecule has 2 aromatic carbocycles. The topological polar surface area (TPSA) is 80.8 Å². The van der Waals surface area contributed by atoms with E-state index >= 15 is 0 Å². The lowest BCUT2D eigenvalue weighted by Crippen LogP contribution is -2.47. The van der Waals surface area contributed by atoms with Crippen molar-refractivity contribution in [2.75, 3.05) is 53.6 Å². The number of rotatable bonds is 15. The van der Waals surface area contributed by atoms with Gasteiger partial charge >= 0.3 is 6.09 Å². The van der Waals surface area contributed by atoms with Crippen molar-refractivity contribution in [3.8, 4) is 11.5 Å². The first-order valence-electron chi connectivity index (χ1n) is 16.2. The fourth-order valence-corrected chi connectivity index (χ4v) is 5.74. The monoisotopic (exact) mass is 625 g/mol. The summed E-state index contributed by atoms with van der Waals surface area (Å²) in [5.41, 5.74) is 1.22. The zero-order valence-corrected chi connectivity index (χ0v) is 28.9. The molecular weight excluding hydrogens is 570 g/mol. The Morgan fingerprint density at radius 2 is 1.49 bits per heavy atom. The fraction of sp³-hybridized carbons (Fsp3) is 0.611. The van der Waals surface area contributed by atoms with E-state index in [2.05, 4.69) is 43.0 Å². The maximum Gasteiger partial charge on any atom is 0.410 e. The summed E-state index contributed by atoms with van der Waals surface area (Å²) in [6, 6.07) is 15.8. The zero-order chi connectivity index (χ0) is 33.1. The van der Waals surface area contributed by atoms with Crippen molar-refractivity contribution >= 4 is 12.0 Å². The summed E-state index contributed by atoms with van der Waals surface area (Å²) in [5.74, 6) is 1.40. The van der Waals surface area contributed by atoms with E-state index in [-0.39, 0.29) is 35.9 Å². The molecule has 0 N–H and O–H groups in total. The van der Waals surface area contributed by atoms with Gasteiger partial charge in [-0.1, -0.05) is 30.3 Å². The van der Waals surface area contributed by atoms with Gasteiger partial charge in [0.25, 0.3) is 5.91 Å². The van der Waals surface area contributed by atoms with E-state index in [1.54, 1.807) is 32.4 Å². The molecule has 1 aliphatic heterocycles. The van der Waals surface area contributed by atoms with Crippen molar-refractivity contribution in [2.24, 2.45) is 11.8 Å². The zero-order valence-electron chi connectivity index (χ0n) is 28.9. The number of hydrogen-bond acceptors (Lipinski definition) is 7. The van der Waals surface area contributed by atoms with E-state index in [1.807, 2.05) is 50.5 Å². The van der Waals surface area contributed by atoms with E-state index in [0.717, 1.165) is 26.1 Å². The van der Waals surface area contributed by atoms with Gasteiger partial charge in [-0.25, -0.2) is 4.79 Å². The highest BCUT2D eigenvalue weighted by molar-refractivity contribution is 5.95. The van der Waals surface area contributed by atoms with Crippen molar-refractivity contribution in [3.63, 3.8) is 0 Å². The Morgan fingerprint density at radius 3 is 2.04 bits per heavy atom. The second kappa shape index (κ2) is 16.9. The summed E-state index contributed by atoms with van der Waals surface area (Å²) in [6.45, 7) is 18.5. The minimum Gasteiger partial charge on any atom is -0.493 e. The van der Waals surface area contributed by atoms with Crippen LogP contribution in [0.2, 0.25) is 0 Å². The largest absolute Gasteiger partial charge is 0.493 e. The second-order valence-electron chi connectivity index (χ2n) is 13.5. The minimum atomic E-state index is -0.579. The first-order valence-corrected chi connectivity index (χ1v) is 16.2. The Labute approximate surface area is 270 Å². The van der Waals surface area contributed by atoms with Gasteiger partial charge in [-0.2, -0.15) is 0 Å². The Balaban J connectivity index is 1.86. The molecule has 250 valence electrons. The summed E-state index contributed by atoms with van der Waals surface area (Å²) in [5, 5.41) is 0. The van der Waals surface area contributed by atoms with Crippen molar-refractivity contribution in [3.05, 3.63) is 59.7 Å². The molecule has 0 spiro atoms. The third kappa shape index (κ3) is 10.9. The van der Waals surface area contributed by atoms with Gasteiger partial charge in [-0.3, -0.25) is 9.69 Å². The standard InChI is InChI=1S/C36H55N3O6/c1-26(2)38(34(40)29-16-17-32(43-9)33(20-29)44-19-13-18-42-8)24-30-22-37(21-28-14-11-10-12-15-28)23-31(30)25-39(27(3)4)35(41)45-36(5,6)7/h10-12,14-17,20,26-27,30-31H,13,18-19,21-25H2,1-9H3/t30-,31+/m1/s1. The number of carbonyl (C=O) groups is 2. The number of likely N-dealkylation sites (tertiary alicyclic amines) is 1. The average molecular weight is 626 g/mol. The molecule has 9 heteroatoms. The Morgan fingerprint density at radius 1 is 0.867 bits per heavy atom. The van der Waals surface area contributed by atoms with Crippen LogP contribution in [0.3, 0.4) is 0 Å². The molecule has 1 fully saturated rings. The van der Waals surface area contributed by atoms with Crippen LogP contribution in [-0.2, 0) is 16.0 Å². The molecule has 0 aromatic heterocycles. The number of methoxy groups -OCH3 is 2. The van der Waals surface area contributed by atoms with Crippen molar-refractivity contribution in [1.29, 1.82) is 0 Å². The number of hydrogen-bond donors (Lipinski definition) is 0. The highest BCUT2D eigenvalue weighted by atomic mass is 16.6. The lowest BCUT2D eigenvalue weighted by atomic mass is 9.93. The highest BCUT2D eigenvalue weighted by Gasteiger charge is 2.38. The fourth-order valence-electron chi connectivity index (χ4n) is 5.74. The van der Waals surface area contributed by atoms with E-state index in [0.29, 0.717) is 43.4 Å². The van der Waals surface area contributed by atoms with Gasteiger partial charge in [-0.15, -0.1) is 0 Å². The molecule has 0 aliphatic carbocycles. The molecule has 45 heavy (non-hydrogen) atoms. The number of amides is 2. The molecule has 1 heterocycles. The number of nitrogens with zero attached hydrogens (tertiary/aromatic N) is 3. The quantitative estimate of drug-likeness (QED) is 0.213. The van der Waals surface area contributed by atoms with Crippen LogP contribution in [0, 0.1) is 11.8 Å². The van der Waals surface area contributed by atoms with E-state index in [1.165, 1.54) is 5.56 Å². The Hall–Kier alpha value is -3.30. The van der Waals surface area contributed by atoms with Gasteiger partial charge < -0.3 is 28.7 Å². The molecule has 1 aliphatic rings. The molecular formula is C36H55N3O6. The third-order valence-corrected chi connectivity index (χ3v) is 8.06. The summed E-state index contributed by atoms with van der Waals surface area (Å²) >= 11 is 0. The van der Waals surface area contributed by atoms with Crippen LogP contribution in [-0.4, -0.2) is 98.0 Å². The smallest absolute Gasteiger partial charge is 0.410 e. The summed E-state index contributed by atoms with van der Waals surface area (Å²) < 4.78 is 22.4. The first kappa shape index (κ1) is 36.2. The Kier molecular flexibility index (Phi) is 13.5. The average Bonchev–Trinajstić information content (AvgIpc) is 3.36. The molecule has 2 aromatic rings. The normalized spacial score (nSPS) is 17.0. The predicted molar refractivity (Wildman–Crippen MR) is 178 cm³/mol. The van der Waals surface area contributed by atoms with Gasteiger partial charge in [0.1, 0.15) is 5.60 Å². The lowest BCUT2D eigenvalue weighted by molar-refractivity contribution is 0.0137. The molecule has 0 saturated carbocycles. The van der Waals surface area contributed by atoms with Crippen molar-refractivity contribution in [1.82, 2.24) is 14.7 Å². The number of ether oxygens (including phenoxy) is 4. The molecule has 2 atom stereocenters. The molecule has 0 radical (unpaired) electrons. The van der Waals surface area contributed by atoms with Crippen LogP contribution in [0.25, 0.3) is 0 Å². The molecule has 2 amide bonds.